The van der Waals surface area contributed by atoms with E-state index in [1.54, 1.807) is 18.3 Å². The van der Waals surface area contributed by atoms with Crippen molar-refractivity contribution >= 4 is 34.5 Å². The molecule has 0 aromatic heterocycles. The number of rotatable bonds is 7. The zero-order valence-corrected chi connectivity index (χ0v) is 16.4. The van der Waals surface area contributed by atoms with Crippen molar-refractivity contribution in [3.63, 3.8) is 0 Å². The molecule has 2 amide bonds. The maximum Gasteiger partial charge on any atom is 0.249 e. The van der Waals surface area contributed by atoms with Crippen molar-refractivity contribution < 1.29 is 14.3 Å². The zero-order valence-electron chi connectivity index (χ0n) is 16.4. The molecule has 2 N–H and O–H groups in total. The van der Waals surface area contributed by atoms with E-state index in [0.29, 0.717) is 18.0 Å². The standard InChI is InChI=1S/C23H23N3O3/c1-3-29-21-13-10-17-6-4-5-7-19(17)20(21)15-24-26-23(28)14-22(27)25-18-11-8-16(2)9-12-18/h4-13,15H,3,14H2,1-2H3,(H,25,27)(H,26,28). The van der Waals surface area contributed by atoms with E-state index in [1.165, 1.54) is 0 Å². The van der Waals surface area contributed by atoms with Crippen molar-refractivity contribution in [1.82, 2.24) is 5.43 Å². The highest BCUT2D eigenvalue weighted by atomic mass is 16.5. The lowest BCUT2D eigenvalue weighted by Gasteiger charge is -2.10. The zero-order chi connectivity index (χ0) is 20.6. The molecule has 0 saturated heterocycles. The van der Waals surface area contributed by atoms with Gasteiger partial charge in [0.1, 0.15) is 12.2 Å². The van der Waals surface area contributed by atoms with Crippen LogP contribution in [0, 0.1) is 6.92 Å². The monoisotopic (exact) mass is 389 g/mol. The summed E-state index contributed by atoms with van der Waals surface area (Å²) in [7, 11) is 0. The molecule has 0 aliphatic carbocycles. The van der Waals surface area contributed by atoms with Crippen LogP contribution in [-0.4, -0.2) is 24.6 Å². The molecule has 0 heterocycles. The second kappa shape index (κ2) is 9.50. The van der Waals surface area contributed by atoms with Gasteiger partial charge in [0, 0.05) is 11.3 Å². The van der Waals surface area contributed by atoms with Crippen LogP contribution in [0.5, 0.6) is 5.75 Å². The third-order valence-corrected chi connectivity index (χ3v) is 4.27. The number of amides is 2. The largest absolute Gasteiger partial charge is 0.493 e. The minimum atomic E-state index is -0.496. The summed E-state index contributed by atoms with van der Waals surface area (Å²) >= 11 is 0. The fourth-order valence-electron chi connectivity index (χ4n) is 2.89. The average molecular weight is 389 g/mol. The molecule has 0 radical (unpaired) electrons. The first-order valence-corrected chi connectivity index (χ1v) is 9.40. The van der Waals surface area contributed by atoms with Gasteiger partial charge in [0.25, 0.3) is 0 Å². The summed E-state index contributed by atoms with van der Waals surface area (Å²) in [6.45, 7) is 4.39. The summed E-state index contributed by atoms with van der Waals surface area (Å²) in [5.74, 6) is -0.216. The molecule has 0 unspecified atom stereocenters. The van der Waals surface area contributed by atoms with Crippen LogP contribution in [0.3, 0.4) is 0 Å². The quantitative estimate of drug-likeness (QED) is 0.364. The van der Waals surface area contributed by atoms with Crippen molar-refractivity contribution in [2.45, 2.75) is 20.3 Å². The number of nitrogens with zero attached hydrogens (tertiary/aromatic N) is 1. The Morgan fingerprint density at radius 2 is 1.76 bits per heavy atom. The van der Waals surface area contributed by atoms with Gasteiger partial charge in [-0.1, -0.05) is 48.0 Å². The van der Waals surface area contributed by atoms with Crippen LogP contribution >= 0.6 is 0 Å². The number of ether oxygens (including phenoxy) is 1. The molecule has 29 heavy (non-hydrogen) atoms. The van der Waals surface area contributed by atoms with Crippen molar-refractivity contribution in [3.05, 3.63) is 71.8 Å². The van der Waals surface area contributed by atoms with Crippen LogP contribution in [0.4, 0.5) is 5.69 Å². The molecule has 0 atom stereocenters. The minimum Gasteiger partial charge on any atom is -0.493 e. The number of carbonyl (C=O) groups excluding carboxylic acids is 2. The molecular weight excluding hydrogens is 366 g/mol. The van der Waals surface area contributed by atoms with Gasteiger partial charge in [-0.05, 0) is 42.8 Å². The molecule has 0 fully saturated rings. The second-order valence-electron chi connectivity index (χ2n) is 6.52. The van der Waals surface area contributed by atoms with Crippen LogP contribution in [0.2, 0.25) is 0 Å². The topological polar surface area (TPSA) is 79.8 Å². The second-order valence-corrected chi connectivity index (χ2v) is 6.52. The normalized spacial score (nSPS) is 10.8. The van der Waals surface area contributed by atoms with E-state index in [1.807, 2.05) is 62.4 Å². The van der Waals surface area contributed by atoms with Crippen molar-refractivity contribution in [1.29, 1.82) is 0 Å². The number of carbonyl (C=O) groups is 2. The number of hydrogen-bond acceptors (Lipinski definition) is 4. The van der Waals surface area contributed by atoms with Gasteiger partial charge in [0.05, 0.1) is 12.8 Å². The Morgan fingerprint density at radius 1 is 1.00 bits per heavy atom. The average Bonchev–Trinajstić information content (AvgIpc) is 2.71. The van der Waals surface area contributed by atoms with E-state index >= 15 is 0 Å². The predicted molar refractivity (Wildman–Crippen MR) is 115 cm³/mol. The van der Waals surface area contributed by atoms with Gasteiger partial charge in [-0.2, -0.15) is 5.10 Å². The Labute approximate surface area is 169 Å². The van der Waals surface area contributed by atoms with Gasteiger partial charge >= 0.3 is 0 Å². The maximum atomic E-state index is 12.0. The molecular formula is C23H23N3O3. The Morgan fingerprint density at radius 3 is 2.52 bits per heavy atom. The number of aryl methyl sites for hydroxylation is 1. The summed E-state index contributed by atoms with van der Waals surface area (Å²) in [6.07, 6.45) is 1.22. The summed E-state index contributed by atoms with van der Waals surface area (Å²) in [6, 6.07) is 19.1. The van der Waals surface area contributed by atoms with Gasteiger partial charge < -0.3 is 10.1 Å². The first-order valence-electron chi connectivity index (χ1n) is 9.40. The molecule has 6 nitrogen and oxygen atoms in total. The molecule has 6 heteroatoms. The van der Waals surface area contributed by atoms with Crippen LogP contribution < -0.4 is 15.5 Å². The highest BCUT2D eigenvalue weighted by molar-refractivity contribution is 6.05. The number of fused-ring (bicyclic) bond motifs is 1. The van der Waals surface area contributed by atoms with Crippen LogP contribution in [0.1, 0.15) is 24.5 Å². The fourth-order valence-corrected chi connectivity index (χ4v) is 2.89. The number of benzene rings is 3. The molecule has 0 bridgehead atoms. The van der Waals surface area contributed by atoms with Crippen LogP contribution in [0.15, 0.2) is 65.8 Å². The Bertz CT molecular complexity index is 1040. The Balaban J connectivity index is 1.64. The summed E-state index contributed by atoms with van der Waals surface area (Å²) in [5, 5.41) is 8.72. The number of hydrazone groups is 1. The first-order chi connectivity index (χ1) is 14.1. The highest BCUT2D eigenvalue weighted by Crippen LogP contribution is 2.26. The third kappa shape index (κ3) is 5.42. The molecule has 0 saturated carbocycles. The molecule has 0 aliphatic heterocycles. The lowest BCUT2D eigenvalue weighted by atomic mass is 10.0. The molecule has 0 spiro atoms. The Kier molecular flexibility index (Phi) is 6.58. The molecule has 148 valence electrons. The van der Waals surface area contributed by atoms with Crippen LogP contribution in [-0.2, 0) is 9.59 Å². The van der Waals surface area contributed by atoms with Gasteiger partial charge in [-0.25, -0.2) is 5.43 Å². The van der Waals surface area contributed by atoms with Gasteiger partial charge in [0.2, 0.25) is 11.8 Å². The Hall–Kier alpha value is -3.67. The lowest BCUT2D eigenvalue weighted by Crippen LogP contribution is -2.24. The maximum absolute atomic E-state index is 12.0. The highest BCUT2D eigenvalue weighted by Gasteiger charge is 2.10. The van der Waals surface area contributed by atoms with E-state index in [-0.39, 0.29) is 6.42 Å². The van der Waals surface area contributed by atoms with E-state index < -0.39 is 11.8 Å². The van der Waals surface area contributed by atoms with E-state index in [9.17, 15) is 9.59 Å². The molecule has 3 rings (SSSR count). The smallest absolute Gasteiger partial charge is 0.249 e. The van der Waals surface area contributed by atoms with Crippen molar-refractivity contribution in [2.24, 2.45) is 5.10 Å². The van der Waals surface area contributed by atoms with Gasteiger partial charge in [0.15, 0.2) is 0 Å². The lowest BCUT2D eigenvalue weighted by molar-refractivity contribution is -0.126. The van der Waals surface area contributed by atoms with E-state index in [0.717, 1.165) is 21.9 Å². The molecule has 3 aromatic rings. The van der Waals surface area contributed by atoms with Crippen molar-refractivity contribution in [2.75, 3.05) is 11.9 Å². The van der Waals surface area contributed by atoms with E-state index in [4.69, 9.17) is 4.74 Å². The minimum absolute atomic E-state index is 0.320. The van der Waals surface area contributed by atoms with Crippen LogP contribution in [0.25, 0.3) is 10.8 Å². The van der Waals surface area contributed by atoms with E-state index in [2.05, 4.69) is 15.8 Å². The number of nitrogens with one attached hydrogen (secondary N) is 2. The first kappa shape index (κ1) is 20.1. The third-order valence-electron chi connectivity index (χ3n) is 4.27. The number of anilines is 1. The summed E-state index contributed by atoms with van der Waals surface area (Å²) < 4.78 is 5.67. The fraction of sp³-hybridized carbons (Fsp3) is 0.174. The predicted octanol–water partition coefficient (Wildman–Crippen LogP) is 4.03. The van der Waals surface area contributed by atoms with Crippen molar-refractivity contribution in [3.8, 4) is 5.75 Å². The summed E-state index contributed by atoms with van der Waals surface area (Å²) in [4.78, 5) is 24.1. The number of hydrogen-bond donors (Lipinski definition) is 2. The molecule has 3 aromatic carbocycles. The SMILES string of the molecule is CCOc1ccc2ccccc2c1C=NNC(=O)CC(=O)Nc1ccc(C)cc1. The van der Waals surface area contributed by atoms with Gasteiger partial charge in [-0.15, -0.1) is 0 Å². The summed E-state index contributed by atoms with van der Waals surface area (Å²) in [5.41, 5.74) is 4.92. The molecule has 0 aliphatic rings. The van der Waals surface area contributed by atoms with Gasteiger partial charge in [-0.3, -0.25) is 9.59 Å².